The quantitative estimate of drug-likeness (QED) is 0.315. The van der Waals surface area contributed by atoms with Crippen LogP contribution in [0.2, 0.25) is 0 Å². The molecule has 0 aromatic carbocycles. The average Bonchev–Trinajstić information content (AvgIpc) is 2.62. The molecule has 6 nitrogen and oxygen atoms in total. The maximum Gasteiger partial charge on any atom is 0.306 e. The highest BCUT2D eigenvalue weighted by molar-refractivity contribution is 5.77. The lowest BCUT2D eigenvalue weighted by Gasteiger charge is -2.23. The highest BCUT2D eigenvalue weighted by Gasteiger charge is 2.20. The number of hydrogen-bond donors (Lipinski definition) is 0. The van der Waals surface area contributed by atoms with Gasteiger partial charge < -0.3 is 14.2 Å². The molecule has 6 heteroatoms. The first-order chi connectivity index (χ1) is 12.3. The maximum atomic E-state index is 11.6. The molecule has 0 heterocycles. The summed E-state index contributed by atoms with van der Waals surface area (Å²) in [7, 11) is 0. The van der Waals surface area contributed by atoms with Crippen molar-refractivity contribution >= 4 is 17.9 Å². The zero-order valence-corrected chi connectivity index (χ0v) is 16.0. The fraction of sp³-hybridized carbons (Fsp3) is 0.650. The lowest BCUT2D eigenvalue weighted by molar-refractivity contribution is -0.158. The number of esters is 3. The van der Waals surface area contributed by atoms with Gasteiger partial charge in [0.05, 0.1) is 19.4 Å². The predicted molar refractivity (Wildman–Crippen MR) is 97.3 cm³/mol. The summed E-state index contributed by atoms with van der Waals surface area (Å²) >= 11 is 0. The molecule has 0 aromatic rings. The van der Waals surface area contributed by atoms with Crippen LogP contribution in [0.4, 0.5) is 0 Å². The Kier molecular flexibility index (Phi) is 9.70. The molecule has 26 heavy (non-hydrogen) atoms. The molecule has 0 aliphatic heterocycles. The van der Waals surface area contributed by atoms with Crippen molar-refractivity contribution in [2.75, 3.05) is 13.2 Å². The van der Waals surface area contributed by atoms with Crippen molar-refractivity contribution in [3.63, 3.8) is 0 Å². The molecular formula is C20H30O6. The van der Waals surface area contributed by atoms with Gasteiger partial charge in [0.1, 0.15) is 12.2 Å². The standard InChI is InChI=1S/C20H30O6/c1-4-20(2,3)26-19(23)11-8-14-24-17(21)12-13-18(22)25-15-16-9-6-5-7-10-16/h6,9-10H,4-5,7-8,11-15H2,1-3H3. The lowest BCUT2D eigenvalue weighted by Crippen LogP contribution is -2.27. The first kappa shape index (κ1) is 21.9. The molecule has 0 radical (unpaired) electrons. The van der Waals surface area contributed by atoms with Gasteiger partial charge >= 0.3 is 17.9 Å². The van der Waals surface area contributed by atoms with Crippen LogP contribution in [0.25, 0.3) is 0 Å². The summed E-state index contributed by atoms with van der Waals surface area (Å²) < 4.78 is 15.4. The van der Waals surface area contributed by atoms with Gasteiger partial charge in [-0.1, -0.05) is 25.2 Å². The van der Waals surface area contributed by atoms with Crippen molar-refractivity contribution in [2.45, 2.75) is 71.3 Å². The lowest BCUT2D eigenvalue weighted by atomic mass is 10.1. The van der Waals surface area contributed by atoms with Crippen LogP contribution in [0.3, 0.4) is 0 Å². The summed E-state index contributed by atoms with van der Waals surface area (Å²) in [6.45, 7) is 6.02. The third-order valence-electron chi connectivity index (χ3n) is 4.03. The molecule has 1 aliphatic carbocycles. The van der Waals surface area contributed by atoms with Gasteiger partial charge in [-0.05, 0) is 45.1 Å². The Morgan fingerprint density at radius 3 is 2.31 bits per heavy atom. The Hall–Kier alpha value is -2.11. The second kappa shape index (κ2) is 11.5. The van der Waals surface area contributed by atoms with Crippen molar-refractivity contribution in [3.05, 3.63) is 23.8 Å². The number of allylic oxidation sites excluding steroid dienone is 2. The Labute approximate surface area is 155 Å². The van der Waals surface area contributed by atoms with Crippen LogP contribution in [0.5, 0.6) is 0 Å². The molecule has 0 saturated heterocycles. The molecule has 0 unspecified atom stereocenters. The van der Waals surface area contributed by atoms with Gasteiger partial charge in [0, 0.05) is 6.42 Å². The molecule has 0 fully saturated rings. The summed E-state index contributed by atoms with van der Waals surface area (Å²) in [4.78, 5) is 34.9. The third-order valence-corrected chi connectivity index (χ3v) is 4.03. The second-order valence-corrected chi connectivity index (χ2v) is 6.83. The molecule has 146 valence electrons. The molecule has 1 aliphatic rings. The van der Waals surface area contributed by atoms with Crippen molar-refractivity contribution in [1.29, 1.82) is 0 Å². The van der Waals surface area contributed by atoms with E-state index in [4.69, 9.17) is 14.2 Å². The highest BCUT2D eigenvalue weighted by atomic mass is 16.6. The molecule has 0 saturated carbocycles. The molecule has 0 N–H and O–H groups in total. The molecule has 0 aromatic heterocycles. The van der Waals surface area contributed by atoms with Crippen LogP contribution in [0.1, 0.15) is 65.7 Å². The predicted octanol–water partition coefficient (Wildman–Crippen LogP) is 3.64. The molecule has 0 amide bonds. The fourth-order valence-electron chi connectivity index (χ4n) is 2.12. The van der Waals surface area contributed by atoms with E-state index in [0.29, 0.717) is 6.42 Å². The van der Waals surface area contributed by atoms with E-state index in [9.17, 15) is 14.4 Å². The summed E-state index contributed by atoms with van der Waals surface area (Å²) in [5, 5.41) is 0. The van der Waals surface area contributed by atoms with Crippen molar-refractivity contribution in [2.24, 2.45) is 0 Å². The van der Waals surface area contributed by atoms with E-state index >= 15 is 0 Å². The Balaban J connectivity index is 2.07. The van der Waals surface area contributed by atoms with Gasteiger partial charge in [0.25, 0.3) is 0 Å². The van der Waals surface area contributed by atoms with E-state index in [1.165, 1.54) is 0 Å². The number of rotatable bonds is 11. The van der Waals surface area contributed by atoms with Crippen LogP contribution in [-0.4, -0.2) is 36.7 Å². The van der Waals surface area contributed by atoms with E-state index in [2.05, 4.69) is 0 Å². The Morgan fingerprint density at radius 1 is 1.00 bits per heavy atom. The van der Waals surface area contributed by atoms with Gasteiger partial charge in [-0.25, -0.2) is 0 Å². The minimum Gasteiger partial charge on any atom is -0.466 e. The van der Waals surface area contributed by atoms with Gasteiger partial charge in [-0.2, -0.15) is 0 Å². The smallest absolute Gasteiger partial charge is 0.306 e. The van der Waals surface area contributed by atoms with Crippen LogP contribution >= 0.6 is 0 Å². The number of carbonyl (C=O) groups is 3. The molecular weight excluding hydrogens is 336 g/mol. The third kappa shape index (κ3) is 10.0. The van der Waals surface area contributed by atoms with Crippen molar-refractivity contribution in [3.8, 4) is 0 Å². The molecule has 0 bridgehead atoms. The first-order valence-electron chi connectivity index (χ1n) is 9.21. The highest BCUT2D eigenvalue weighted by Crippen LogP contribution is 2.15. The largest absolute Gasteiger partial charge is 0.466 e. The van der Waals surface area contributed by atoms with E-state index in [1.807, 2.05) is 39.0 Å². The van der Waals surface area contributed by atoms with Gasteiger partial charge in [0.15, 0.2) is 0 Å². The topological polar surface area (TPSA) is 78.9 Å². The molecule has 0 atom stereocenters. The summed E-state index contributed by atoms with van der Waals surface area (Å²) in [5.74, 6) is -1.20. The maximum absolute atomic E-state index is 11.6. The Morgan fingerprint density at radius 2 is 1.69 bits per heavy atom. The summed E-state index contributed by atoms with van der Waals surface area (Å²) in [5.41, 5.74) is 0.503. The second-order valence-electron chi connectivity index (χ2n) is 6.83. The summed E-state index contributed by atoms with van der Waals surface area (Å²) in [6, 6.07) is 0. The van der Waals surface area contributed by atoms with E-state index in [1.54, 1.807) is 0 Å². The molecule has 1 rings (SSSR count). The zero-order valence-electron chi connectivity index (χ0n) is 16.0. The zero-order chi connectivity index (χ0) is 19.4. The van der Waals surface area contributed by atoms with Crippen molar-refractivity contribution < 1.29 is 28.6 Å². The van der Waals surface area contributed by atoms with Crippen LogP contribution in [-0.2, 0) is 28.6 Å². The van der Waals surface area contributed by atoms with Gasteiger partial charge in [-0.15, -0.1) is 0 Å². The monoisotopic (exact) mass is 366 g/mol. The minimum absolute atomic E-state index is 0.0114. The summed E-state index contributed by atoms with van der Waals surface area (Å²) in [6.07, 6.45) is 9.28. The Bertz CT molecular complexity index is 545. The number of hydrogen-bond acceptors (Lipinski definition) is 6. The van der Waals surface area contributed by atoms with Gasteiger partial charge in [0.2, 0.25) is 0 Å². The SMILES string of the molecule is CCC(C)(C)OC(=O)CCCOC(=O)CCC(=O)OCC1=CCCC=C1. The first-order valence-corrected chi connectivity index (χ1v) is 9.21. The fourth-order valence-corrected chi connectivity index (χ4v) is 2.12. The van der Waals surface area contributed by atoms with E-state index in [-0.39, 0.29) is 38.4 Å². The number of carbonyl (C=O) groups excluding carboxylic acids is 3. The molecule has 0 spiro atoms. The normalized spacial score (nSPS) is 13.7. The number of ether oxygens (including phenoxy) is 3. The van der Waals surface area contributed by atoms with E-state index in [0.717, 1.165) is 24.8 Å². The van der Waals surface area contributed by atoms with Crippen LogP contribution in [0.15, 0.2) is 23.8 Å². The van der Waals surface area contributed by atoms with Crippen LogP contribution in [0, 0.1) is 0 Å². The average molecular weight is 366 g/mol. The van der Waals surface area contributed by atoms with Crippen LogP contribution < -0.4 is 0 Å². The van der Waals surface area contributed by atoms with E-state index < -0.39 is 17.5 Å². The minimum atomic E-state index is -0.475. The van der Waals surface area contributed by atoms with Crippen molar-refractivity contribution in [1.82, 2.24) is 0 Å². The van der Waals surface area contributed by atoms with Gasteiger partial charge in [-0.3, -0.25) is 14.4 Å².